The minimum atomic E-state index is -0.533. The number of nitrogens with one attached hydrogen (secondary N) is 1. The largest absolute Gasteiger partial charge is 0.496 e. The Hall–Kier alpha value is -1.73. The molecule has 1 aromatic rings. The summed E-state index contributed by atoms with van der Waals surface area (Å²) >= 11 is 1.15. The maximum absolute atomic E-state index is 12.8. The molecule has 0 aliphatic rings. The average Bonchev–Trinajstić information content (AvgIpc) is 2.62. The van der Waals surface area contributed by atoms with Gasteiger partial charge >= 0.3 is 0 Å². The zero-order valence-electron chi connectivity index (χ0n) is 19.1. The van der Waals surface area contributed by atoms with E-state index in [1.54, 1.807) is 33.5 Å². The van der Waals surface area contributed by atoms with Crippen LogP contribution in [0.4, 0.5) is 0 Å². The second-order valence-electron chi connectivity index (χ2n) is 8.94. The highest BCUT2D eigenvalue weighted by molar-refractivity contribution is 8.12. The van der Waals surface area contributed by atoms with Crippen molar-refractivity contribution in [2.45, 2.75) is 65.3 Å². The summed E-state index contributed by atoms with van der Waals surface area (Å²) in [6.45, 7) is 11.6. The van der Waals surface area contributed by atoms with E-state index < -0.39 is 11.5 Å². The average molecular weight is 426 g/mol. The molecule has 0 unspecified atom stereocenters. The van der Waals surface area contributed by atoms with Crippen LogP contribution in [0.2, 0.25) is 0 Å². The van der Waals surface area contributed by atoms with E-state index in [1.165, 1.54) is 0 Å². The van der Waals surface area contributed by atoms with Gasteiger partial charge in [0.05, 0.1) is 27.4 Å². The van der Waals surface area contributed by atoms with Crippen molar-refractivity contribution < 1.29 is 23.8 Å². The van der Waals surface area contributed by atoms with Crippen molar-refractivity contribution in [2.75, 3.05) is 21.3 Å². The molecule has 1 atom stereocenters. The molecule has 1 rings (SSSR count). The van der Waals surface area contributed by atoms with E-state index in [0.29, 0.717) is 23.0 Å². The molecule has 0 aliphatic carbocycles. The van der Waals surface area contributed by atoms with Gasteiger partial charge in [-0.1, -0.05) is 32.5 Å². The minimum absolute atomic E-state index is 0.0287. The molecular formula is C22H35NO5S. The molecule has 0 saturated carbocycles. The predicted molar refractivity (Wildman–Crippen MR) is 118 cm³/mol. The summed E-state index contributed by atoms with van der Waals surface area (Å²) in [4.78, 5) is 25.6. The van der Waals surface area contributed by atoms with Gasteiger partial charge in [-0.05, 0) is 20.8 Å². The Morgan fingerprint density at radius 2 is 1.48 bits per heavy atom. The Bertz CT molecular complexity index is 694. The number of thioether (sulfide) groups is 1. The van der Waals surface area contributed by atoms with Crippen molar-refractivity contribution >= 4 is 22.7 Å². The van der Waals surface area contributed by atoms with Gasteiger partial charge in [-0.15, -0.1) is 0 Å². The number of methoxy groups -OCH3 is 3. The van der Waals surface area contributed by atoms with Crippen LogP contribution in [0.15, 0.2) is 12.1 Å². The molecule has 164 valence electrons. The smallest absolute Gasteiger partial charge is 0.191 e. The third kappa shape index (κ3) is 7.90. The van der Waals surface area contributed by atoms with Crippen molar-refractivity contribution in [1.82, 2.24) is 5.32 Å². The van der Waals surface area contributed by atoms with Crippen molar-refractivity contribution in [3.63, 3.8) is 0 Å². The van der Waals surface area contributed by atoms with Crippen LogP contribution >= 0.6 is 11.8 Å². The molecule has 0 fully saturated rings. The number of ketones is 1. The second-order valence-corrected chi connectivity index (χ2v) is 9.97. The summed E-state index contributed by atoms with van der Waals surface area (Å²) in [5.41, 5.74) is -0.0356. The molecule has 7 heteroatoms. The third-order valence-corrected chi connectivity index (χ3v) is 5.15. The first-order valence-electron chi connectivity index (χ1n) is 9.59. The summed E-state index contributed by atoms with van der Waals surface area (Å²) in [6.07, 6.45) is 0.124. The van der Waals surface area contributed by atoms with E-state index in [1.807, 2.05) is 41.5 Å². The zero-order chi connectivity index (χ0) is 22.4. The zero-order valence-corrected chi connectivity index (χ0v) is 19.9. The first-order valence-corrected chi connectivity index (χ1v) is 10.6. The third-order valence-electron chi connectivity index (χ3n) is 4.23. The Morgan fingerprint density at radius 3 is 1.86 bits per heavy atom. The number of benzene rings is 1. The number of rotatable bonds is 9. The lowest BCUT2D eigenvalue weighted by atomic mass is 9.84. The van der Waals surface area contributed by atoms with Crippen LogP contribution < -0.4 is 19.5 Å². The molecule has 0 heterocycles. The van der Waals surface area contributed by atoms with Crippen LogP contribution in [-0.2, 0) is 15.3 Å². The van der Waals surface area contributed by atoms with E-state index in [9.17, 15) is 9.59 Å². The second kappa shape index (κ2) is 10.3. The van der Waals surface area contributed by atoms with Gasteiger partial charge in [0.25, 0.3) is 0 Å². The Kier molecular flexibility index (Phi) is 9.03. The number of carbonyl (C=O) groups is 2. The molecule has 6 nitrogen and oxygen atoms in total. The Balaban J connectivity index is 2.96. The summed E-state index contributed by atoms with van der Waals surface area (Å²) in [5.74, 6) is 2.21. The van der Waals surface area contributed by atoms with Gasteiger partial charge in [-0.25, -0.2) is 0 Å². The highest BCUT2D eigenvalue weighted by Gasteiger charge is 2.33. The predicted octanol–water partition coefficient (Wildman–Crippen LogP) is 4.23. The first-order chi connectivity index (χ1) is 13.3. The lowest BCUT2D eigenvalue weighted by molar-refractivity contribution is -0.130. The van der Waals surface area contributed by atoms with Gasteiger partial charge in [-0.3, -0.25) is 9.59 Å². The number of hydrogen-bond donors (Lipinski definition) is 1. The van der Waals surface area contributed by atoms with Crippen molar-refractivity contribution in [2.24, 2.45) is 5.41 Å². The monoisotopic (exact) mass is 425 g/mol. The Labute approximate surface area is 179 Å². The number of hydrogen-bond acceptors (Lipinski definition) is 7. The highest BCUT2D eigenvalue weighted by Crippen LogP contribution is 2.37. The maximum Gasteiger partial charge on any atom is 0.191 e. The normalized spacial score (nSPS) is 13.0. The molecular weight excluding hydrogens is 390 g/mol. The molecule has 0 radical (unpaired) electrons. The molecule has 1 N–H and O–H groups in total. The van der Waals surface area contributed by atoms with Gasteiger partial charge < -0.3 is 19.5 Å². The fourth-order valence-corrected chi connectivity index (χ4v) is 3.73. The molecule has 0 spiro atoms. The van der Waals surface area contributed by atoms with E-state index in [2.05, 4.69) is 5.32 Å². The maximum atomic E-state index is 12.8. The van der Waals surface area contributed by atoms with Crippen molar-refractivity contribution in [1.29, 1.82) is 0 Å². The van der Waals surface area contributed by atoms with Crippen LogP contribution in [0.1, 0.15) is 53.5 Å². The quantitative estimate of drug-likeness (QED) is 0.634. The molecule has 0 aliphatic heterocycles. The van der Waals surface area contributed by atoms with Crippen LogP contribution in [0.3, 0.4) is 0 Å². The Morgan fingerprint density at radius 1 is 0.966 bits per heavy atom. The van der Waals surface area contributed by atoms with Crippen molar-refractivity contribution in [3.05, 3.63) is 17.7 Å². The van der Waals surface area contributed by atoms with Crippen molar-refractivity contribution in [3.8, 4) is 17.2 Å². The van der Waals surface area contributed by atoms with Gasteiger partial charge in [0.1, 0.15) is 17.2 Å². The molecule has 0 bridgehead atoms. The van der Waals surface area contributed by atoms with Gasteiger partial charge in [0.15, 0.2) is 10.9 Å². The summed E-state index contributed by atoms with van der Waals surface area (Å²) in [5, 5.41) is 3.24. The molecule has 0 saturated heterocycles. The van der Waals surface area contributed by atoms with Crippen LogP contribution in [0.25, 0.3) is 0 Å². The lowest BCUT2D eigenvalue weighted by Crippen LogP contribution is -2.51. The SMILES string of the molecule is COc1cc(OC)c(CSC(=O)C[C@H](NC(C)(C)C)C(=O)C(C)(C)C)c(OC)c1. The van der Waals surface area contributed by atoms with Gasteiger partial charge in [0.2, 0.25) is 0 Å². The summed E-state index contributed by atoms with van der Waals surface area (Å²) in [7, 11) is 4.70. The van der Waals surface area contributed by atoms with E-state index in [-0.39, 0.29) is 22.9 Å². The first kappa shape index (κ1) is 25.3. The number of Topliss-reactive ketones (excluding diaryl/α,β-unsaturated/α-hetero) is 1. The number of ether oxygens (including phenoxy) is 3. The fourth-order valence-electron chi connectivity index (χ4n) is 2.85. The van der Waals surface area contributed by atoms with Crippen LogP contribution in [0.5, 0.6) is 17.2 Å². The summed E-state index contributed by atoms with van der Waals surface area (Å²) < 4.78 is 16.1. The molecule has 29 heavy (non-hydrogen) atoms. The van der Waals surface area contributed by atoms with Gasteiger partial charge in [0, 0.05) is 40.8 Å². The van der Waals surface area contributed by atoms with E-state index in [4.69, 9.17) is 14.2 Å². The summed E-state index contributed by atoms with van der Waals surface area (Å²) in [6, 6.07) is 2.99. The topological polar surface area (TPSA) is 73.9 Å². The van der Waals surface area contributed by atoms with E-state index in [0.717, 1.165) is 17.3 Å². The lowest BCUT2D eigenvalue weighted by Gasteiger charge is -2.31. The highest BCUT2D eigenvalue weighted by atomic mass is 32.2. The fraction of sp³-hybridized carbons (Fsp3) is 0.636. The number of carbonyl (C=O) groups excluding carboxylic acids is 2. The molecule has 1 aromatic carbocycles. The minimum Gasteiger partial charge on any atom is -0.496 e. The van der Waals surface area contributed by atoms with Crippen LogP contribution in [-0.4, -0.2) is 43.8 Å². The molecule has 0 amide bonds. The van der Waals surface area contributed by atoms with Crippen LogP contribution in [0, 0.1) is 5.41 Å². The standard InChI is InChI=1S/C22H35NO5S/c1-21(2,3)20(25)16(23-22(4,5)6)12-19(24)29-13-15-17(27-8)10-14(26-7)11-18(15)28-9/h10-11,16,23H,12-13H2,1-9H3/t16-/m0/s1. The van der Waals surface area contributed by atoms with Gasteiger partial charge in [-0.2, -0.15) is 0 Å². The van der Waals surface area contributed by atoms with E-state index >= 15 is 0 Å². The molecule has 0 aromatic heterocycles.